The van der Waals surface area contributed by atoms with Crippen LogP contribution in [0.15, 0.2) is 0 Å². The molecule has 0 aromatic heterocycles. The molecule has 3 N–H and O–H groups in total. The summed E-state index contributed by atoms with van der Waals surface area (Å²) < 4.78 is 0. The normalized spacial score (nSPS) is 31.1. The molecule has 1 saturated heterocycles. The minimum Gasteiger partial charge on any atom is -0.330 e. The lowest BCUT2D eigenvalue weighted by molar-refractivity contribution is -0.154. The van der Waals surface area contributed by atoms with E-state index in [1.807, 2.05) is 6.92 Å². The second kappa shape index (κ2) is 6.35. The Morgan fingerprint density at radius 3 is 2.70 bits per heavy atom. The van der Waals surface area contributed by atoms with Crippen molar-refractivity contribution in [3.63, 3.8) is 0 Å². The molecule has 0 aromatic carbocycles. The maximum absolute atomic E-state index is 12.7. The fourth-order valence-corrected chi connectivity index (χ4v) is 3.33. The van der Waals surface area contributed by atoms with Gasteiger partial charge in [0.05, 0.1) is 0 Å². The quantitative estimate of drug-likeness (QED) is 0.713. The van der Waals surface area contributed by atoms with Gasteiger partial charge >= 0.3 is 0 Å². The first-order valence-electron chi connectivity index (χ1n) is 7.42. The first-order valence-corrected chi connectivity index (χ1v) is 7.42. The van der Waals surface area contributed by atoms with Crippen LogP contribution in [-0.2, 0) is 14.4 Å². The Morgan fingerprint density at radius 1 is 1.35 bits per heavy atom. The van der Waals surface area contributed by atoms with Crippen molar-refractivity contribution in [1.82, 2.24) is 10.2 Å². The van der Waals surface area contributed by atoms with E-state index in [9.17, 15) is 14.4 Å². The van der Waals surface area contributed by atoms with Crippen molar-refractivity contribution >= 4 is 17.7 Å². The molecule has 20 heavy (non-hydrogen) atoms. The Kier molecular flexibility index (Phi) is 4.75. The van der Waals surface area contributed by atoms with Gasteiger partial charge in [0.1, 0.15) is 12.6 Å². The number of piperazine rings is 1. The topological polar surface area (TPSA) is 92.5 Å². The van der Waals surface area contributed by atoms with E-state index in [2.05, 4.69) is 5.32 Å². The predicted octanol–water partition coefficient (Wildman–Crippen LogP) is 0.0151. The Bertz CT molecular complexity index is 410. The van der Waals surface area contributed by atoms with Crippen LogP contribution in [0, 0.1) is 11.8 Å². The highest BCUT2D eigenvalue weighted by Crippen LogP contribution is 2.31. The third kappa shape index (κ3) is 2.85. The lowest BCUT2D eigenvalue weighted by atomic mass is 9.78. The molecule has 6 nitrogen and oxygen atoms in total. The lowest BCUT2D eigenvalue weighted by Crippen LogP contribution is -2.61. The van der Waals surface area contributed by atoms with Crippen molar-refractivity contribution in [1.29, 1.82) is 0 Å². The van der Waals surface area contributed by atoms with Crippen LogP contribution in [-0.4, -0.2) is 41.8 Å². The van der Waals surface area contributed by atoms with E-state index in [1.165, 1.54) is 4.90 Å². The molecule has 2 aliphatic rings. The average Bonchev–Trinajstić information content (AvgIpc) is 2.45. The van der Waals surface area contributed by atoms with Gasteiger partial charge in [-0.25, -0.2) is 0 Å². The lowest BCUT2D eigenvalue weighted by Gasteiger charge is -2.39. The summed E-state index contributed by atoms with van der Waals surface area (Å²) in [6, 6.07) is -0.527. The summed E-state index contributed by atoms with van der Waals surface area (Å²) in [4.78, 5) is 37.5. The minimum atomic E-state index is -0.527. The zero-order valence-electron chi connectivity index (χ0n) is 11.9. The summed E-state index contributed by atoms with van der Waals surface area (Å²) in [6.07, 6.45) is 4.39. The maximum Gasteiger partial charge on any atom is 0.249 e. The minimum absolute atomic E-state index is 0.0170. The first kappa shape index (κ1) is 15.0. The number of nitrogens with zero attached hydrogens (tertiary/aromatic N) is 1. The summed E-state index contributed by atoms with van der Waals surface area (Å²) in [5.74, 6) is -0.795. The molecule has 2 rings (SSSR count). The van der Waals surface area contributed by atoms with Crippen molar-refractivity contribution in [2.45, 2.75) is 45.1 Å². The van der Waals surface area contributed by atoms with E-state index < -0.39 is 11.9 Å². The van der Waals surface area contributed by atoms with Crippen LogP contribution in [0.1, 0.15) is 39.0 Å². The molecule has 3 atom stereocenters. The largest absolute Gasteiger partial charge is 0.330 e. The Morgan fingerprint density at radius 2 is 2.05 bits per heavy atom. The number of hydrogen-bond donors (Lipinski definition) is 2. The number of nitrogens with two attached hydrogens (primary N) is 1. The summed E-state index contributed by atoms with van der Waals surface area (Å²) in [7, 11) is 0. The van der Waals surface area contributed by atoms with E-state index in [-0.39, 0.29) is 30.2 Å². The van der Waals surface area contributed by atoms with Gasteiger partial charge in [-0.15, -0.1) is 0 Å². The van der Waals surface area contributed by atoms with Crippen LogP contribution < -0.4 is 11.1 Å². The first-order chi connectivity index (χ1) is 9.58. The molecule has 0 aromatic rings. The van der Waals surface area contributed by atoms with Crippen LogP contribution in [0.4, 0.5) is 0 Å². The van der Waals surface area contributed by atoms with Crippen LogP contribution in [0.3, 0.4) is 0 Å². The Balaban J connectivity index is 2.16. The van der Waals surface area contributed by atoms with Crippen molar-refractivity contribution in [3.05, 3.63) is 0 Å². The van der Waals surface area contributed by atoms with Crippen LogP contribution in [0.5, 0.6) is 0 Å². The van der Waals surface area contributed by atoms with E-state index >= 15 is 0 Å². The number of rotatable bonds is 3. The molecule has 0 spiro atoms. The van der Waals surface area contributed by atoms with E-state index in [4.69, 9.17) is 5.73 Å². The number of amides is 3. The van der Waals surface area contributed by atoms with Crippen molar-refractivity contribution in [2.75, 3.05) is 13.1 Å². The molecule has 6 heteroatoms. The maximum atomic E-state index is 12.7. The predicted molar refractivity (Wildman–Crippen MR) is 73.4 cm³/mol. The fourth-order valence-electron chi connectivity index (χ4n) is 3.33. The van der Waals surface area contributed by atoms with Gasteiger partial charge in [0, 0.05) is 5.92 Å². The Labute approximate surface area is 119 Å². The standard InChI is InChI=1S/C14H23N3O3/c1-2-11-13(19)16-12(18)8-17(11)14(20)10-6-4-3-5-9(10)7-15/h9-11H,2-8,15H2,1H3,(H,16,18,19). The van der Waals surface area contributed by atoms with E-state index in [1.54, 1.807) is 0 Å². The van der Waals surface area contributed by atoms with Crippen molar-refractivity contribution in [3.8, 4) is 0 Å². The molecule has 0 radical (unpaired) electrons. The highest BCUT2D eigenvalue weighted by Gasteiger charge is 2.40. The van der Waals surface area contributed by atoms with Crippen molar-refractivity contribution < 1.29 is 14.4 Å². The SMILES string of the molecule is CCC1C(=O)NC(=O)CN1C(=O)C1CCCCC1CN. The van der Waals surface area contributed by atoms with Crippen LogP contribution in [0.25, 0.3) is 0 Å². The summed E-state index contributed by atoms with van der Waals surface area (Å²) >= 11 is 0. The fraction of sp³-hybridized carbons (Fsp3) is 0.786. The summed E-state index contributed by atoms with van der Waals surface area (Å²) in [5.41, 5.74) is 5.77. The number of hydrogen-bond acceptors (Lipinski definition) is 4. The molecule has 1 aliphatic carbocycles. The van der Waals surface area contributed by atoms with E-state index in [0.29, 0.717) is 13.0 Å². The smallest absolute Gasteiger partial charge is 0.249 e. The zero-order chi connectivity index (χ0) is 14.7. The second-order valence-corrected chi connectivity index (χ2v) is 5.69. The molecular formula is C14H23N3O3. The molecule has 2 fully saturated rings. The van der Waals surface area contributed by atoms with Gasteiger partial charge < -0.3 is 10.6 Å². The van der Waals surface area contributed by atoms with E-state index in [0.717, 1.165) is 25.7 Å². The third-order valence-corrected chi connectivity index (χ3v) is 4.45. The van der Waals surface area contributed by atoms with Gasteiger partial charge in [0.15, 0.2) is 0 Å². The molecule has 0 bridgehead atoms. The highest BCUT2D eigenvalue weighted by molar-refractivity contribution is 6.04. The highest BCUT2D eigenvalue weighted by atomic mass is 16.2. The third-order valence-electron chi connectivity index (χ3n) is 4.45. The van der Waals surface area contributed by atoms with Crippen molar-refractivity contribution in [2.24, 2.45) is 17.6 Å². The molecule has 3 unspecified atom stereocenters. The number of imide groups is 1. The molecule has 3 amide bonds. The molecule has 112 valence electrons. The van der Waals surface area contributed by atoms with Gasteiger partial charge in [0.25, 0.3) is 0 Å². The molecule has 1 heterocycles. The van der Waals surface area contributed by atoms with Crippen LogP contribution in [0.2, 0.25) is 0 Å². The summed E-state index contributed by atoms with van der Waals surface area (Å²) in [6.45, 7) is 2.32. The van der Waals surface area contributed by atoms with Gasteiger partial charge in [-0.1, -0.05) is 19.8 Å². The molecule has 1 aliphatic heterocycles. The van der Waals surface area contributed by atoms with Gasteiger partial charge in [-0.05, 0) is 31.7 Å². The number of nitrogens with one attached hydrogen (secondary N) is 1. The number of carbonyl (C=O) groups is 3. The molecular weight excluding hydrogens is 258 g/mol. The zero-order valence-corrected chi connectivity index (χ0v) is 11.9. The summed E-state index contributed by atoms with van der Waals surface area (Å²) in [5, 5.41) is 2.30. The molecule has 1 saturated carbocycles. The monoisotopic (exact) mass is 281 g/mol. The van der Waals surface area contributed by atoms with Gasteiger partial charge in [0.2, 0.25) is 17.7 Å². The second-order valence-electron chi connectivity index (χ2n) is 5.69. The van der Waals surface area contributed by atoms with Crippen LogP contribution >= 0.6 is 0 Å². The van der Waals surface area contributed by atoms with Gasteiger partial charge in [-0.3, -0.25) is 19.7 Å². The average molecular weight is 281 g/mol. The Hall–Kier alpha value is -1.43. The van der Waals surface area contributed by atoms with Gasteiger partial charge in [-0.2, -0.15) is 0 Å². The number of carbonyl (C=O) groups excluding carboxylic acids is 3.